The Bertz CT molecular complexity index is 1260. The van der Waals surface area contributed by atoms with Gasteiger partial charge in [-0.2, -0.15) is 5.10 Å². The fraction of sp³-hybridized carbons (Fsp3) is 0.296. The van der Waals surface area contributed by atoms with E-state index in [1.165, 1.54) is 16.0 Å². The molecule has 0 atom stereocenters. The maximum atomic E-state index is 12.5. The number of aryl methyl sites for hydroxylation is 3. The number of aromatic nitrogens is 3. The average molecular weight is 459 g/mol. The Kier molecular flexibility index (Phi) is 7.14. The van der Waals surface area contributed by atoms with Crippen molar-refractivity contribution in [2.45, 2.75) is 44.9 Å². The molecular formula is C27H30N4OS. The maximum Gasteiger partial charge on any atom is 0.220 e. The van der Waals surface area contributed by atoms with Crippen molar-refractivity contribution in [2.24, 2.45) is 0 Å². The van der Waals surface area contributed by atoms with E-state index in [-0.39, 0.29) is 5.91 Å². The Labute approximate surface area is 199 Å². The van der Waals surface area contributed by atoms with Crippen molar-refractivity contribution < 1.29 is 4.79 Å². The van der Waals surface area contributed by atoms with E-state index in [2.05, 4.69) is 42.8 Å². The van der Waals surface area contributed by atoms with Crippen molar-refractivity contribution in [3.8, 4) is 5.69 Å². The summed E-state index contributed by atoms with van der Waals surface area (Å²) in [5.74, 6) is 0.0753. The standard InChI is InChI=1S/C27H30N4OS/c1-18-24(14-15-25(32)28-17-16-21-10-12-23(33-4)13-11-21)19(2)29-27-26(18)20(3)30-31(27)22-8-6-5-7-9-22/h5-13H,14-17H2,1-4H3,(H,28,32). The Balaban J connectivity index is 1.43. The Morgan fingerprint density at radius 1 is 0.970 bits per heavy atom. The molecule has 0 fully saturated rings. The van der Waals surface area contributed by atoms with Gasteiger partial charge in [0.15, 0.2) is 5.65 Å². The smallest absolute Gasteiger partial charge is 0.220 e. The second kappa shape index (κ2) is 10.2. The number of nitrogens with one attached hydrogen (secondary N) is 1. The molecule has 2 aromatic heterocycles. The van der Waals surface area contributed by atoms with Crippen LogP contribution in [0.5, 0.6) is 0 Å². The molecule has 0 radical (unpaired) electrons. The van der Waals surface area contributed by atoms with Gasteiger partial charge in [-0.15, -0.1) is 11.8 Å². The zero-order chi connectivity index (χ0) is 23.4. The van der Waals surface area contributed by atoms with Crippen LogP contribution >= 0.6 is 11.8 Å². The number of benzene rings is 2. The molecular weight excluding hydrogens is 428 g/mol. The summed E-state index contributed by atoms with van der Waals surface area (Å²) in [6.45, 7) is 6.81. The molecule has 0 saturated heterocycles. The number of hydrogen-bond donors (Lipinski definition) is 1. The topological polar surface area (TPSA) is 59.8 Å². The number of rotatable bonds is 8. The monoisotopic (exact) mass is 458 g/mol. The van der Waals surface area contributed by atoms with Gasteiger partial charge in [-0.3, -0.25) is 4.79 Å². The van der Waals surface area contributed by atoms with Gasteiger partial charge in [0, 0.05) is 28.9 Å². The first-order valence-corrected chi connectivity index (χ1v) is 12.5. The summed E-state index contributed by atoms with van der Waals surface area (Å²) in [7, 11) is 0. The molecule has 2 aromatic carbocycles. The number of thioether (sulfide) groups is 1. The minimum Gasteiger partial charge on any atom is -0.356 e. The highest BCUT2D eigenvalue weighted by Crippen LogP contribution is 2.28. The summed E-state index contributed by atoms with van der Waals surface area (Å²) in [6, 6.07) is 18.6. The molecule has 4 rings (SSSR count). The predicted octanol–water partition coefficient (Wildman–Crippen LogP) is 5.36. The number of para-hydroxylation sites is 1. The summed E-state index contributed by atoms with van der Waals surface area (Å²) in [6.07, 6.45) is 4.03. The second-order valence-electron chi connectivity index (χ2n) is 8.28. The fourth-order valence-corrected chi connectivity index (χ4v) is 4.70. The zero-order valence-electron chi connectivity index (χ0n) is 19.7. The average Bonchev–Trinajstić information content (AvgIpc) is 3.16. The number of carbonyl (C=O) groups excluding carboxylic acids is 1. The minimum absolute atomic E-state index is 0.0753. The molecule has 5 nitrogen and oxygen atoms in total. The Morgan fingerprint density at radius 3 is 2.39 bits per heavy atom. The Hall–Kier alpha value is -3.12. The number of pyridine rings is 1. The zero-order valence-corrected chi connectivity index (χ0v) is 20.5. The van der Waals surface area contributed by atoms with E-state index in [9.17, 15) is 4.79 Å². The van der Waals surface area contributed by atoms with Crippen molar-refractivity contribution in [3.63, 3.8) is 0 Å². The Morgan fingerprint density at radius 2 is 1.70 bits per heavy atom. The van der Waals surface area contributed by atoms with Gasteiger partial charge in [0.05, 0.1) is 11.4 Å². The summed E-state index contributed by atoms with van der Waals surface area (Å²) in [4.78, 5) is 18.6. The van der Waals surface area contributed by atoms with Gasteiger partial charge >= 0.3 is 0 Å². The number of carbonyl (C=O) groups is 1. The van der Waals surface area contributed by atoms with E-state index < -0.39 is 0 Å². The van der Waals surface area contributed by atoms with Crippen molar-refractivity contribution in [1.82, 2.24) is 20.1 Å². The van der Waals surface area contributed by atoms with Crippen LogP contribution in [0.2, 0.25) is 0 Å². The first-order valence-electron chi connectivity index (χ1n) is 11.3. The van der Waals surface area contributed by atoms with Crippen molar-refractivity contribution >= 4 is 28.7 Å². The number of fused-ring (bicyclic) bond motifs is 1. The van der Waals surface area contributed by atoms with E-state index in [1.807, 2.05) is 48.9 Å². The first kappa shape index (κ1) is 23.1. The van der Waals surface area contributed by atoms with Crippen LogP contribution in [-0.4, -0.2) is 33.5 Å². The molecule has 6 heteroatoms. The van der Waals surface area contributed by atoms with Crippen molar-refractivity contribution in [2.75, 3.05) is 12.8 Å². The van der Waals surface area contributed by atoms with Crippen molar-refractivity contribution in [3.05, 3.63) is 82.7 Å². The molecule has 33 heavy (non-hydrogen) atoms. The maximum absolute atomic E-state index is 12.5. The molecule has 0 saturated carbocycles. The molecule has 4 aromatic rings. The van der Waals surface area contributed by atoms with E-state index in [0.29, 0.717) is 19.4 Å². The highest BCUT2D eigenvalue weighted by Gasteiger charge is 2.18. The van der Waals surface area contributed by atoms with Gasteiger partial charge in [0.25, 0.3) is 0 Å². The number of amides is 1. The van der Waals surface area contributed by atoms with Crippen LogP contribution in [0.15, 0.2) is 59.5 Å². The van der Waals surface area contributed by atoms with E-state index in [1.54, 1.807) is 11.8 Å². The molecule has 0 aliphatic rings. The van der Waals surface area contributed by atoms with Gasteiger partial charge in [-0.25, -0.2) is 9.67 Å². The van der Waals surface area contributed by atoms with Crippen LogP contribution in [-0.2, 0) is 17.6 Å². The molecule has 2 heterocycles. The first-order chi connectivity index (χ1) is 16.0. The molecule has 0 spiro atoms. The number of hydrogen-bond acceptors (Lipinski definition) is 4. The quantitative estimate of drug-likeness (QED) is 0.361. The lowest BCUT2D eigenvalue weighted by molar-refractivity contribution is -0.121. The summed E-state index contributed by atoms with van der Waals surface area (Å²) >= 11 is 1.73. The van der Waals surface area contributed by atoms with Crippen LogP contribution < -0.4 is 5.32 Å². The van der Waals surface area contributed by atoms with E-state index >= 15 is 0 Å². The van der Waals surface area contributed by atoms with Gasteiger partial charge in [0.2, 0.25) is 5.91 Å². The third-order valence-corrected chi connectivity index (χ3v) is 6.82. The van der Waals surface area contributed by atoms with Crippen molar-refractivity contribution in [1.29, 1.82) is 0 Å². The normalized spacial score (nSPS) is 11.2. The van der Waals surface area contributed by atoms with Gasteiger partial charge < -0.3 is 5.32 Å². The fourth-order valence-electron chi connectivity index (χ4n) is 4.29. The summed E-state index contributed by atoms with van der Waals surface area (Å²) < 4.78 is 1.91. The lowest BCUT2D eigenvalue weighted by atomic mass is 9.99. The highest BCUT2D eigenvalue weighted by molar-refractivity contribution is 7.98. The molecule has 1 N–H and O–H groups in total. The highest BCUT2D eigenvalue weighted by atomic mass is 32.2. The SMILES string of the molecule is CSc1ccc(CCNC(=O)CCc2c(C)nc3c(c(C)nn3-c3ccccc3)c2C)cc1. The van der Waals surface area contributed by atoms with Crippen LogP contribution in [0, 0.1) is 20.8 Å². The van der Waals surface area contributed by atoms with Crippen LogP contribution in [0.3, 0.4) is 0 Å². The molecule has 0 bridgehead atoms. The third-order valence-electron chi connectivity index (χ3n) is 6.07. The molecule has 1 amide bonds. The second-order valence-corrected chi connectivity index (χ2v) is 9.16. The predicted molar refractivity (Wildman–Crippen MR) is 136 cm³/mol. The van der Waals surface area contributed by atoms with Crippen LogP contribution in [0.4, 0.5) is 0 Å². The van der Waals surface area contributed by atoms with Crippen LogP contribution in [0.25, 0.3) is 16.7 Å². The molecule has 0 unspecified atom stereocenters. The van der Waals surface area contributed by atoms with Gasteiger partial charge in [-0.1, -0.05) is 30.3 Å². The van der Waals surface area contributed by atoms with E-state index in [0.717, 1.165) is 40.1 Å². The van der Waals surface area contributed by atoms with Gasteiger partial charge in [-0.05, 0) is 80.8 Å². The van der Waals surface area contributed by atoms with Crippen LogP contribution in [0.1, 0.15) is 34.5 Å². The number of nitrogens with zero attached hydrogens (tertiary/aromatic N) is 3. The lowest BCUT2D eigenvalue weighted by Gasteiger charge is -2.12. The third kappa shape index (κ3) is 5.11. The van der Waals surface area contributed by atoms with E-state index in [4.69, 9.17) is 10.1 Å². The largest absolute Gasteiger partial charge is 0.356 e. The minimum atomic E-state index is 0.0753. The molecule has 170 valence electrons. The van der Waals surface area contributed by atoms with Gasteiger partial charge in [0.1, 0.15) is 0 Å². The lowest BCUT2D eigenvalue weighted by Crippen LogP contribution is -2.26. The molecule has 0 aliphatic carbocycles. The summed E-state index contributed by atoms with van der Waals surface area (Å²) in [5.41, 5.74) is 7.32. The summed E-state index contributed by atoms with van der Waals surface area (Å²) in [5, 5.41) is 8.89. The molecule has 0 aliphatic heterocycles.